The van der Waals surface area contributed by atoms with Gasteiger partial charge >= 0.3 is 5.97 Å². The summed E-state index contributed by atoms with van der Waals surface area (Å²) >= 11 is 1.16. The van der Waals surface area contributed by atoms with Gasteiger partial charge in [0.25, 0.3) is 0 Å². The van der Waals surface area contributed by atoms with Crippen molar-refractivity contribution in [2.75, 3.05) is 37.1 Å². The third-order valence-electron chi connectivity index (χ3n) is 2.12. The number of morpholine rings is 1. The van der Waals surface area contributed by atoms with Crippen LogP contribution in [0.5, 0.6) is 0 Å². The van der Waals surface area contributed by atoms with E-state index >= 15 is 0 Å². The lowest BCUT2D eigenvalue weighted by Crippen LogP contribution is -2.44. The van der Waals surface area contributed by atoms with Crippen molar-refractivity contribution in [1.29, 1.82) is 0 Å². The van der Waals surface area contributed by atoms with Crippen LogP contribution in [0.15, 0.2) is 11.5 Å². The van der Waals surface area contributed by atoms with E-state index in [-0.39, 0.29) is 5.75 Å². The monoisotopic (exact) mass is 244 g/mol. The molecule has 0 atom stereocenters. The molecule has 0 spiro atoms. The number of rotatable bonds is 4. The number of thioether (sulfide) groups is 1. The second-order valence-corrected chi connectivity index (χ2v) is 4.15. The van der Waals surface area contributed by atoms with Gasteiger partial charge in [-0.1, -0.05) is 11.8 Å². The molecule has 88 valence electrons. The molecule has 0 amide bonds. The lowest BCUT2D eigenvalue weighted by atomic mass is 10.5. The van der Waals surface area contributed by atoms with Crippen molar-refractivity contribution in [2.45, 2.75) is 5.16 Å². The van der Waals surface area contributed by atoms with Crippen molar-refractivity contribution < 1.29 is 14.6 Å². The van der Waals surface area contributed by atoms with Crippen LogP contribution in [-0.2, 0) is 9.53 Å². The van der Waals surface area contributed by atoms with Gasteiger partial charge in [-0.25, -0.2) is 4.68 Å². The minimum absolute atomic E-state index is 0.0109. The number of hydrogen-bond acceptors (Lipinski definition) is 6. The molecule has 1 aliphatic heterocycles. The maximum atomic E-state index is 10.5. The van der Waals surface area contributed by atoms with Crippen molar-refractivity contribution >= 4 is 17.7 Å². The van der Waals surface area contributed by atoms with Crippen LogP contribution in [0.1, 0.15) is 0 Å². The molecule has 0 radical (unpaired) electrons. The summed E-state index contributed by atoms with van der Waals surface area (Å²) in [6, 6.07) is 0. The van der Waals surface area contributed by atoms with Crippen LogP contribution in [0.3, 0.4) is 0 Å². The van der Waals surface area contributed by atoms with E-state index in [2.05, 4.69) is 10.2 Å². The van der Waals surface area contributed by atoms with Gasteiger partial charge in [-0.2, -0.15) is 0 Å². The fraction of sp³-hybridized carbons (Fsp3) is 0.625. The largest absolute Gasteiger partial charge is 0.481 e. The molecule has 0 aromatic carbocycles. The molecule has 1 aliphatic rings. The van der Waals surface area contributed by atoms with Crippen LogP contribution in [0.2, 0.25) is 0 Å². The Kier molecular flexibility index (Phi) is 3.62. The average Bonchev–Trinajstić information content (AvgIpc) is 2.75. The Morgan fingerprint density at radius 3 is 3.00 bits per heavy atom. The van der Waals surface area contributed by atoms with Gasteiger partial charge in [-0.3, -0.25) is 4.79 Å². The average molecular weight is 244 g/mol. The van der Waals surface area contributed by atoms with Crippen LogP contribution in [0.25, 0.3) is 0 Å². The Hall–Kier alpha value is -1.28. The molecule has 16 heavy (non-hydrogen) atoms. The minimum atomic E-state index is -0.860. The molecule has 2 rings (SSSR count). The van der Waals surface area contributed by atoms with E-state index < -0.39 is 5.97 Å². The van der Waals surface area contributed by atoms with E-state index in [0.717, 1.165) is 24.9 Å². The first-order chi connectivity index (χ1) is 7.77. The van der Waals surface area contributed by atoms with Crippen LogP contribution in [0, 0.1) is 0 Å². The second kappa shape index (κ2) is 5.17. The summed E-state index contributed by atoms with van der Waals surface area (Å²) in [6.07, 6.45) is 1.59. The Morgan fingerprint density at radius 1 is 1.56 bits per heavy atom. The van der Waals surface area contributed by atoms with Crippen molar-refractivity contribution in [2.24, 2.45) is 0 Å². The number of carboxylic acid groups (broad SMARTS) is 1. The lowest BCUT2D eigenvalue weighted by molar-refractivity contribution is -0.133. The zero-order valence-electron chi connectivity index (χ0n) is 8.57. The van der Waals surface area contributed by atoms with Gasteiger partial charge in [-0.05, 0) is 0 Å². The predicted octanol–water partition coefficient (Wildman–Crippen LogP) is -0.577. The van der Waals surface area contributed by atoms with E-state index in [0.29, 0.717) is 18.4 Å². The minimum Gasteiger partial charge on any atom is -0.481 e. The molecule has 0 bridgehead atoms. The number of ether oxygens (including phenoxy) is 1. The Labute approximate surface area is 96.4 Å². The number of carbonyl (C=O) groups is 1. The van der Waals surface area contributed by atoms with Gasteiger partial charge in [0.05, 0.1) is 32.1 Å². The van der Waals surface area contributed by atoms with Gasteiger partial charge in [-0.15, -0.1) is 10.2 Å². The molecule has 1 saturated heterocycles. The first-order valence-electron chi connectivity index (χ1n) is 4.85. The van der Waals surface area contributed by atoms with Crippen LogP contribution in [0.4, 0.5) is 0 Å². The summed E-state index contributed by atoms with van der Waals surface area (Å²) in [7, 11) is 0. The lowest BCUT2D eigenvalue weighted by Gasteiger charge is -2.29. The maximum Gasteiger partial charge on any atom is 0.313 e. The van der Waals surface area contributed by atoms with Crippen LogP contribution < -0.4 is 5.01 Å². The highest BCUT2D eigenvalue weighted by molar-refractivity contribution is 7.99. The number of aliphatic carboxylic acids is 1. The molecule has 1 aromatic rings. The van der Waals surface area contributed by atoms with E-state index in [1.54, 1.807) is 11.0 Å². The molecular formula is C8H12N4O3S. The normalized spacial score (nSPS) is 16.4. The van der Waals surface area contributed by atoms with E-state index in [1.807, 2.05) is 5.01 Å². The second-order valence-electron chi connectivity index (χ2n) is 3.21. The van der Waals surface area contributed by atoms with Crippen molar-refractivity contribution in [3.05, 3.63) is 6.33 Å². The van der Waals surface area contributed by atoms with Crippen LogP contribution in [-0.4, -0.2) is 58.0 Å². The molecule has 0 unspecified atom stereocenters. The van der Waals surface area contributed by atoms with Gasteiger partial charge in [0.1, 0.15) is 6.33 Å². The van der Waals surface area contributed by atoms with Crippen LogP contribution >= 0.6 is 11.8 Å². The zero-order valence-corrected chi connectivity index (χ0v) is 9.39. The molecule has 1 aromatic heterocycles. The Bertz CT molecular complexity index is 364. The maximum absolute atomic E-state index is 10.5. The first kappa shape index (κ1) is 11.2. The van der Waals surface area contributed by atoms with Gasteiger partial charge in [0.2, 0.25) is 5.16 Å². The molecule has 1 fully saturated rings. The number of aromatic nitrogens is 3. The van der Waals surface area contributed by atoms with Gasteiger partial charge < -0.3 is 14.9 Å². The van der Waals surface area contributed by atoms with Gasteiger partial charge in [0, 0.05) is 0 Å². The third kappa shape index (κ3) is 2.64. The Morgan fingerprint density at radius 2 is 2.31 bits per heavy atom. The van der Waals surface area contributed by atoms with Crippen molar-refractivity contribution in [1.82, 2.24) is 14.9 Å². The molecule has 8 heteroatoms. The summed E-state index contributed by atoms with van der Waals surface area (Å²) in [4.78, 5) is 10.5. The summed E-state index contributed by atoms with van der Waals surface area (Å²) < 4.78 is 7.03. The SMILES string of the molecule is O=C(O)CSc1nncn1N1CCOCC1. The summed E-state index contributed by atoms with van der Waals surface area (Å²) in [6.45, 7) is 2.86. The van der Waals surface area contributed by atoms with E-state index in [1.165, 1.54) is 0 Å². The molecule has 0 saturated carbocycles. The quantitative estimate of drug-likeness (QED) is 0.710. The fourth-order valence-corrected chi connectivity index (χ4v) is 2.06. The highest BCUT2D eigenvalue weighted by Crippen LogP contribution is 2.15. The van der Waals surface area contributed by atoms with Gasteiger partial charge in [0.15, 0.2) is 0 Å². The number of carboxylic acids is 1. The summed E-state index contributed by atoms with van der Waals surface area (Å²) in [5, 5.41) is 18.9. The molecule has 0 aliphatic carbocycles. The predicted molar refractivity (Wildman–Crippen MR) is 57.2 cm³/mol. The highest BCUT2D eigenvalue weighted by atomic mass is 32.2. The number of nitrogens with zero attached hydrogens (tertiary/aromatic N) is 4. The molecule has 7 nitrogen and oxygen atoms in total. The molecule has 1 N–H and O–H groups in total. The topological polar surface area (TPSA) is 80.5 Å². The smallest absolute Gasteiger partial charge is 0.313 e. The first-order valence-corrected chi connectivity index (χ1v) is 5.83. The molecular weight excluding hydrogens is 232 g/mol. The summed E-state index contributed by atoms with van der Waals surface area (Å²) in [5.41, 5.74) is 0. The van der Waals surface area contributed by atoms with Crippen molar-refractivity contribution in [3.63, 3.8) is 0 Å². The Balaban J connectivity index is 2.02. The fourth-order valence-electron chi connectivity index (χ4n) is 1.40. The molecule has 2 heterocycles. The number of hydrogen-bond donors (Lipinski definition) is 1. The zero-order chi connectivity index (χ0) is 11.4. The standard InChI is InChI=1S/C8H12N4O3S/c13-7(14)5-16-8-10-9-6-12(8)11-1-3-15-4-2-11/h6H,1-5H2,(H,13,14). The van der Waals surface area contributed by atoms with E-state index in [4.69, 9.17) is 9.84 Å². The van der Waals surface area contributed by atoms with E-state index in [9.17, 15) is 4.79 Å². The third-order valence-corrected chi connectivity index (χ3v) is 3.04. The highest BCUT2D eigenvalue weighted by Gasteiger charge is 2.15. The van der Waals surface area contributed by atoms with Crippen molar-refractivity contribution in [3.8, 4) is 0 Å². The summed E-state index contributed by atoms with van der Waals surface area (Å²) in [5.74, 6) is -0.871.